The lowest BCUT2D eigenvalue weighted by molar-refractivity contribution is -0.137. The molecule has 2 aromatic rings. The molecule has 1 aliphatic heterocycles. The zero-order valence-electron chi connectivity index (χ0n) is 14.7. The molecule has 26 heavy (non-hydrogen) atoms. The van der Waals surface area contributed by atoms with Gasteiger partial charge in [-0.15, -0.1) is 0 Å². The second-order valence-corrected chi connectivity index (χ2v) is 6.54. The van der Waals surface area contributed by atoms with Crippen LogP contribution in [0.3, 0.4) is 0 Å². The van der Waals surface area contributed by atoms with Gasteiger partial charge < -0.3 is 0 Å². The first-order valence-electron chi connectivity index (χ1n) is 8.65. The van der Waals surface area contributed by atoms with E-state index in [4.69, 9.17) is 0 Å². The quantitative estimate of drug-likeness (QED) is 0.762. The van der Waals surface area contributed by atoms with Gasteiger partial charge >= 0.3 is 6.18 Å². The van der Waals surface area contributed by atoms with Gasteiger partial charge in [0.15, 0.2) is 0 Å². The van der Waals surface area contributed by atoms with Gasteiger partial charge in [0.1, 0.15) is 0 Å². The van der Waals surface area contributed by atoms with Crippen molar-refractivity contribution >= 4 is 6.21 Å². The molecule has 0 unspecified atom stereocenters. The van der Waals surface area contributed by atoms with Crippen LogP contribution in [0.1, 0.15) is 22.3 Å². The Labute approximate surface area is 151 Å². The van der Waals surface area contributed by atoms with Gasteiger partial charge in [-0.2, -0.15) is 18.3 Å². The summed E-state index contributed by atoms with van der Waals surface area (Å²) < 4.78 is 39.0. The highest BCUT2D eigenvalue weighted by Gasteiger charge is 2.32. The molecule has 0 spiro atoms. The SMILES string of the molecule is Cc1ccc(CN2CCN(/N=C/c3ccccc3C(F)(F)F)CC2)cc1. The van der Waals surface area contributed by atoms with E-state index in [0.717, 1.165) is 25.7 Å². The van der Waals surface area contributed by atoms with E-state index in [0.29, 0.717) is 13.1 Å². The van der Waals surface area contributed by atoms with E-state index in [9.17, 15) is 13.2 Å². The molecule has 3 nitrogen and oxygen atoms in total. The molecule has 0 saturated carbocycles. The second-order valence-electron chi connectivity index (χ2n) is 6.54. The van der Waals surface area contributed by atoms with Crippen molar-refractivity contribution in [2.24, 2.45) is 5.10 Å². The number of hydrogen-bond donors (Lipinski definition) is 0. The smallest absolute Gasteiger partial charge is 0.295 e. The Morgan fingerprint density at radius 2 is 1.62 bits per heavy atom. The van der Waals surface area contributed by atoms with Gasteiger partial charge in [0.25, 0.3) is 0 Å². The maximum Gasteiger partial charge on any atom is 0.417 e. The summed E-state index contributed by atoms with van der Waals surface area (Å²) in [7, 11) is 0. The second kappa shape index (κ2) is 7.91. The van der Waals surface area contributed by atoms with E-state index in [-0.39, 0.29) is 5.56 Å². The zero-order valence-corrected chi connectivity index (χ0v) is 14.7. The van der Waals surface area contributed by atoms with Crippen molar-refractivity contribution in [2.75, 3.05) is 26.2 Å². The van der Waals surface area contributed by atoms with Gasteiger partial charge in [-0.1, -0.05) is 48.0 Å². The van der Waals surface area contributed by atoms with E-state index in [2.05, 4.69) is 41.2 Å². The van der Waals surface area contributed by atoms with Crippen molar-refractivity contribution in [3.05, 3.63) is 70.8 Å². The maximum absolute atomic E-state index is 13.0. The summed E-state index contributed by atoms with van der Waals surface area (Å²) in [6.45, 7) is 6.04. The average Bonchev–Trinajstić information content (AvgIpc) is 2.62. The highest BCUT2D eigenvalue weighted by molar-refractivity contribution is 5.81. The molecule has 1 fully saturated rings. The van der Waals surface area contributed by atoms with Gasteiger partial charge in [0.2, 0.25) is 0 Å². The minimum atomic E-state index is -4.37. The third kappa shape index (κ3) is 4.85. The van der Waals surface area contributed by atoms with Gasteiger partial charge in [-0.05, 0) is 18.6 Å². The van der Waals surface area contributed by atoms with E-state index in [1.807, 2.05) is 5.01 Å². The largest absolute Gasteiger partial charge is 0.417 e. The van der Waals surface area contributed by atoms with Crippen LogP contribution in [-0.4, -0.2) is 42.3 Å². The summed E-state index contributed by atoms with van der Waals surface area (Å²) in [5.41, 5.74) is 1.96. The number of rotatable bonds is 4. The van der Waals surface area contributed by atoms with Crippen molar-refractivity contribution in [1.82, 2.24) is 9.91 Å². The predicted octanol–water partition coefficient (Wildman–Crippen LogP) is 4.17. The first-order valence-corrected chi connectivity index (χ1v) is 8.65. The van der Waals surface area contributed by atoms with Crippen molar-refractivity contribution in [3.63, 3.8) is 0 Å². The standard InChI is InChI=1S/C20H22F3N3/c1-16-6-8-17(9-7-16)15-25-10-12-26(13-11-25)24-14-18-4-2-3-5-19(18)20(21,22)23/h2-9,14H,10-13,15H2,1H3/b24-14+. The summed E-state index contributed by atoms with van der Waals surface area (Å²) in [5, 5.41) is 6.09. The Balaban J connectivity index is 1.56. The van der Waals surface area contributed by atoms with Crippen LogP contribution in [-0.2, 0) is 12.7 Å². The molecule has 0 aliphatic carbocycles. The van der Waals surface area contributed by atoms with Crippen LogP contribution in [0, 0.1) is 6.92 Å². The van der Waals surface area contributed by atoms with E-state index < -0.39 is 11.7 Å². The number of benzene rings is 2. The molecule has 0 radical (unpaired) electrons. The normalized spacial score (nSPS) is 16.4. The molecule has 1 heterocycles. The number of piperazine rings is 1. The van der Waals surface area contributed by atoms with Crippen molar-refractivity contribution < 1.29 is 13.2 Å². The van der Waals surface area contributed by atoms with Crippen LogP contribution >= 0.6 is 0 Å². The first kappa shape index (κ1) is 18.5. The summed E-state index contributed by atoms with van der Waals surface area (Å²) >= 11 is 0. The van der Waals surface area contributed by atoms with Crippen molar-refractivity contribution in [3.8, 4) is 0 Å². The third-order valence-electron chi connectivity index (χ3n) is 4.50. The monoisotopic (exact) mass is 361 g/mol. The Hall–Kier alpha value is -2.34. The summed E-state index contributed by atoms with van der Waals surface area (Å²) in [5.74, 6) is 0. The first-order chi connectivity index (χ1) is 12.4. The molecule has 0 amide bonds. The van der Waals surface area contributed by atoms with E-state index in [1.165, 1.54) is 29.5 Å². The van der Waals surface area contributed by atoms with Crippen LogP contribution in [0.2, 0.25) is 0 Å². The Morgan fingerprint density at radius 1 is 0.962 bits per heavy atom. The van der Waals surface area contributed by atoms with Gasteiger partial charge in [0, 0.05) is 38.3 Å². The number of hydrogen-bond acceptors (Lipinski definition) is 3. The lowest BCUT2D eigenvalue weighted by atomic mass is 10.1. The number of nitrogens with zero attached hydrogens (tertiary/aromatic N) is 3. The molecule has 0 bridgehead atoms. The number of hydrazone groups is 1. The fourth-order valence-electron chi connectivity index (χ4n) is 2.97. The van der Waals surface area contributed by atoms with Crippen LogP contribution < -0.4 is 0 Å². The van der Waals surface area contributed by atoms with Crippen molar-refractivity contribution in [1.29, 1.82) is 0 Å². The van der Waals surface area contributed by atoms with Gasteiger partial charge in [0.05, 0.1) is 11.8 Å². The molecular weight excluding hydrogens is 339 g/mol. The molecule has 138 valence electrons. The number of alkyl halides is 3. The lowest BCUT2D eigenvalue weighted by Gasteiger charge is -2.33. The fraction of sp³-hybridized carbons (Fsp3) is 0.350. The van der Waals surface area contributed by atoms with Crippen LogP contribution in [0.4, 0.5) is 13.2 Å². The van der Waals surface area contributed by atoms with Crippen LogP contribution in [0.5, 0.6) is 0 Å². The molecule has 6 heteroatoms. The average molecular weight is 361 g/mol. The predicted molar refractivity (Wildman–Crippen MR) is 97.1 cm³/mol. The van der Waals surface area contributed by atoms with E-state index >= 15 is 0 Å². The summed E-state index contributed by atoms with van der Waals surface area (Å²) in [4.78, 5) is 2.33. The molecule has 0 atom stereocenters. The zero-order chi connectivity index (χ0) is 18.6. The topological polar surface area (TPSA) is 18.8 Å². The summed E-state index contributed by atoms with van der Waals surface area (Å²) in [6, 6.07) is 14.0. The molecule has 3 rings (SSSR count). The summed E-state index contributed by atoms with van der Waals surface area (Å²) in [6.07, 6.45) is -3.05. The molecule has 0 aromatic heterocycles. The van der Waals surface area contributed by atoms with E-state index in [1.54, 1.807) is 6.07 Å². The minimum Gasteiger partial charge on any atom is -0.295 e. The minimum absolute atomic E-state index is 0.0992. The number of aryl methyl sites for hydroxylation is 1. The van der Waals surface area contributed by atoms with Gasteiger partial charge in [-0.25, -0.2) is 0 Å². The van der Waals surface area contributed by atoms with Gasteiger partial charge in [-0.3, -0.25) is 9.91 Å². The molecule has 1 saturated heterocycles. The Kier molecular flexibility index (Phi) is 5.61. The molecular formula is C20H22F3N3. The molecule has 0 N–H and O–H groups in total. The lowest BCUT2D eigenvalue weighted by Crippen LogP contribution is -2.43. The highest BCUT2D eigenvalue weighted by atomic mass is 19.4. The van der Waals surface area contributed by atoms with Crippen LogP contribution in [0.25, 0.3) is 0 Å². The van der Waals surface area contributed by atoms with Crippen molar-refractivity contribution in [2.45, 2.75) is 19.6 Å². The highest BCUT2D eigenvalue weighted by Crippen LogP contribution is 2.31. The maximum atomic E-state index is 13.0. The Bertz CT molecular complexity index is 746. The molecule has 1 aliphatic rings. The fourth-order valence-corrected chi connectivity index (χ4v) is 2.97. The van der Waals surface area contributed by atoms with Crippen LogP contribution in [0.15, 0.2) is 53.6 Å². The third-order valence-corrected chi connectivity index (χ3v) is 4.50. The molecule has 2 aromatic carbocycles. The Morgan fingerprint density at radius 3 is 2.27 bits per heavy atom. The number of halogens is 3.